The predicted molar refractivity (Wildman–Crippen MR) is 125 cm³/mol. The van der Waals surface area contributed by atoms with Crippen molar-refractivity contribution in [3.05, 3.63) is 47.8 Å². The molecule has 1 aromatic heterocycles. The summed E-state index contributed by atoms with van der Waals surface area (Å²) in [7, 11) is 2.79. The molecule has 1 unspecified atom stereocenters. The molecule has 33 heavy (non-hydrogen) atoms. The van der Waals surface area contributed by atoms with Crippen molar-refractivity contribution >= 4 is 28.6 Å². The molecular weight excluding hydrogens is 425 g/mol. The molecule has 174 valence electrons. The van der Waals surface area contributed by atoms with Crippen LogP contribution in [0.1, 0.15) is 24.8 Å². The molecule has 4 rings (SSSR count). The van der Waals surface area contributed by atoms with Gasteiger partial charge in [-0.15, -0.1) is 0 Å². The minimum atomic E-state index is -0.647. The number of amides is 1. The number of hydrogen-bond donors (Lipinski definition) is 1. The summed E-state index contributed by atoms with van der Waals surface area (Å²) < 4.78 is 25.4. The van der Waals surface area contributed by atoms with Gasteiger partial charge in [0.15, 0.2) is 17.3 Å². The third-order valence-electron chi connectivity index (χ3n) is 6.06. The number of nitrogens with zero attached hydrogens (tertiary/aromatic N) is 4. The largest absolute Gasteiger partial charge is 0.493 e. The first-order chi connectivity index (χ1) is 15.9. The van der Waals surface area contributed by atoms with E-state index in [4.69, 9.17) is 15.2 Å². The number of rotatable bonds is 6. The first-order valence-corrected chi connectivity index (χ1v) is 10.9. The number of anilines is 2. The second-order valence-electron chi connectivity index (χ2n) is 8.11. The zero-order valence-electron chi connectivity index (χ0n) is 19.0. The van der Waals surface area contributed by atoms with Gasteiger partial charge in [-0.2, -0.15) is 4.98 Å². The van der Waals surface area contributed by atoms with Crippen LogP contribution in [0.4, 0.5) is 16.2 Å². The molecule has 1 fully saturated rings. The fourth-order valence-corrected chi connectivity index (χ4v) is 4.13. The van der Waals surface area contributed by atoms with Crippen molar-refractivity contribution in [2.45, 2.75) is 19.3 Å². The van der Waals surface area contributed by atoms with Crippen molar-refractivity contribution in [2.75, 3.05) is 51.0 Å². The normalized spacial score (nSPS) is 14.9. The Hall–Kier alpha value is -3.62. The van der Waals surface area contributed by atoms with E-state index < -0.39 is 5.82 Å². The molecule has 9 heteroatoms. The molecule has 1 amide bonds. The van der Waals surface area contributed by atoms with E-state index in [1.54, 1.807) is 6.07 Å². The fraction of sp³-hybridized carbons (Fsp3) is 0.375. The summed E-state index contributed by atoms with van der Waals surface area (Å²) in [5.41, 5.74) is 7.35. The summed E-state index contributed by atoms with van der Waals surface area (Å²) in [4.78, 5) is 25.4. The molecule has 0 aliphatic carbocycles. The highest BCUT2D eigenvalue weighted by molar-refractivity contribution is 5.92. The van der Waals surface area contributed by atoms with E-state index in [0.29, 0.717) is 43.9 Å². The van der Waals surface area contributed by atoms with Crippen molar-refractivity contribution in [3.8, 4) is 11.5 Å². The number of nitrogen functional groups attached to an aromatic ring is 1. The lowest BCUT2D eigenvalue weighted by Gasteiger charge is -2.35. The second kappa shape index (κ2) is 9.48. The summed E-state index contributed by atoms with van der Waals surface area (Å²) in [5.74, 6) is 0.300. The van der Waals surface area contributed by atoms with Crippen molar-refractivity contribution in [1.29, 1.82) is 0 Å². The van der Waals surface area contributed by atoms with Crippen LogP contribution in [0.3, 0.4) is 0 Å². The van der Waals surface area contributed by atoms with E-state index in [1.807, 2.05) is 40.1 Å². The number of piperazine rings is 1. The zero-order valence-corrected chi connectivity index (χ0v) is 19.0. The van der Waals surface area contributed by atoms with Crippen LogP contribution in [0.2, 0.25) is 0 Å². The van der Waals surface area contributed by atoms with Gasteiger partial charge in [0.05, 0.1) is 14.2 Å². The Bertz CT molecular complexity index is 1150. The maximum atomic E-state index is 15.1. The molecule has 0 bridgehead atoms. The molecule has 0 radical (unpaired) electrons. The Kier molecular flexibility index (Phi) is 6.48. The Morgan fingerprint density at radius 2 is 1.82 bits per heavy atom. The SMILES string of the molecule is COc1cc2c(N)nc(N3CCN(C(=O)CC(C)c4ccccc4)CC3)nc2c(F)c1OC. The van der Waals surface area contributed by atoms with Gasteiger partial charge < -0.3 is 25.0 Å². The van der Waals surface area contributed by atoms with Crippen molar-refractivity contribution in [2.24, 2.45) is 0 Å². The second-order valence-corrected chi connectivity index (χ2v) is 8.11. The monoisotopic (exact) mass is 453 g/mol. The van der Waals surface area contributed by atoms with Crippen LogP contribution in [0.25, 0.3) is 10.9 Å². The van der Waals surface area contributed by atoms with E-state index in [0.717, 1.165) is 5.56 Å². The van der Waals surface area contributed by atoms with Crippen molar-refractivity contribution in [1.82, 2.24) is 14.9 Å². The van der Waals surface area contributed by atoms with Crippen LogP contribution in [0, 0.1) is 5.82 Å². The van der Waals surface area contributed by atoms with Gasteiger partial charge in [-0.1, -0.05) is 37.3 Å². The third-order valence-corrected chi connectivity index (χ3v) is 6.06. The van der Waals surface area contributed by atoms with Gasteiger partial charge in [0.1, 0.15) is 11.3 Å². The number of halogens is 1. The van der Waals surface area contributed by atoms with Gasteiger partial charge >= 0.3 is 0 Å². The zero-order chi connectivity index (χ0) is 23.5. The van der Waals surface area contributed by atoms with Gasteiger partial charge in [0.2, 0.25) is 11.9 Å². The van der Waals surface area contributed by atoms with Crippen molar-refractivity contribution < 1.29 is 18.7 Å². The predicted octanol–water partition coefficient (Wildman–Crippen LogP) is 3.21. The Labute approximate surface area is 192 Å². The summed E-state index contributed by atoms with van der Waals surface area (Å²) in [6.07, 6.45) is 0.455. The quantitative estimate of drug-likeness (QED) is 0.613. The summed E-state index contributed by atoms with van der Waals surface area (Å²) in [5, 5.41) is 0.359. The lowest BCUT2D eigenvalue weighted by molar-refractivity contribution is -0.131. The molecule has 0 saturated carbocycles. The first kappa shape index (κ1) is 22.6. The number of carbonyl (C=O) groups excluding carboxylic acids is 1. The topological polar surface area (TPSA) is 93.8 Å². The van der Waals surface area contributed by atoms with Gasteiger partial charge in [-0.05, 0) is 17.5 Å². The van der Waals surface area contributed by atoms with Crippen LogP contribution in [0.5, 0.6) is 11.5 Å². The molecule has 3 aromatic rings. The molecule has 2 heterocycles. The maximum absolute atomic E-state index is 15.1. The molecular formula is C24H28FN5O3. The van der Waals surface area contributed by atoms with Crippen LogP contribution < -0.4 is 20.1 Å². The number of benzene rings is 2. The van der Waals surface area contributed by atoms with Crippen molar-refractivity contribution in [3.63, 3.8) is 0 Å². The number of aromatic nitrogens is 2. The average Bonchev–Trinajstić information content (AvgIpc) is 2.84. The number of ether oxygens (including phenoxy) is 2. The molecule has 1 atom stereocenters. The van der Waals surface area contributed by atoms with E-state index in [2.05, 4.69) is 16.9 Å². The first-order valence-electron chi connectivity index (χ1n) is 10.9. The number of fused-ring (bicyclic) bond motifs is 1. The van der Waals surface area contributed by atoms with Gasteiger partial charge in [-0.25, -0.2) is 9.37 Å². The lowest BCUT2D eigenvalue weighted by Crippen LogP contribution is -2.49. The van der Waals surface area contributed by atoms with E-state index in [-0.39, 0.29) is 34.7 Å². The van der Waals surface area contributed by atoms with Crippen LogP contribution in [-0.2, 0) is 4.79 Å². The molecule has 2 aromatic carbocycles. The summed E-state index contributed by atoms with van der Waals surface area (Å²) in [6.45, 7) is 4.20. The van der Waals surface area contributed by atoms with Gasteiger partial charge in [0.25, 0.3) is 0 Å². The minimum absolute atomic E-state index is 0.0306. The molecule has 1 aliphatic heterocycles. The Morgan fingerprint density at radius 3 is 2.45 bits per heavy atom. The van der Waals surface area contributed by atoms with Crippen LogP contribution >= 0.6 is 0 Å². The smallest absolute Gasteiger partial charge is 0.228 e. The Balaban J connectivity index is 1.47. The fourth-order valence-electron chi connectivity index (χ4n) is 4.13. The minimum Gasteiger partial charge on any atom is -0.493 e. The number of methoxy groups -OCH3 is 2. The number of carbonyl (C=O) groups is 1. The molecule has 0 spiro atoms. The third kappa shape index (κ3) is 4.48. The lowest BCUT2D eigenvalue weighted by atomic mass is 9.97. The maximum Gasteiger partial charge on any atom is 0.228 e. The number of hydrogen-bond acceptors (Lipinski definition) is 7. The Morgan fingerprint density at radius 1 is 1.12 bits per heavy atom. The standard InChI is InChI=1S/C24H28FN5O3/c1-15(16-7-5-4-6-8-16)13-19(31)29-9-11-30(12-10-29)24-27-21-17(23(26)28-24)14-18(32-2)22(33-3)20(21)25/h4-8,14-15H,9-13H2,1-3H3,(H2,26,27,28). The molecule has 2 N–H and O–H groups in total. The van der Waals surface area contributed by atoms with E-state index in [1.165, 1.54) is 14.2 Å². The van der Waals surface area contributed by atoms with E-state index in [9.17, 15) is 4.79 Å². The summed E-state index contributed by atoms with van der Waals surface area (Å²) in [6, 6.07) is 11.6. The highest BCUT2D eigenvalue weighted by Gasteiger charge is 2.26. The average molecular weight is 454 g/mol. The highest BCUT2D eigenvalue weighted by atomic mass is 19.1. The molecule has 8 nitrogen and oxygen atoms in total. The molecule has 1 aliphatic rings. The van der Waals surface area contributed by atoms with Gasteiger partial charge in [-0.3, -0.25) is 4.79 Å². The molecule has 1 saturated heterocycles. The van der Waals surface area contributed by atoms with E-state index >= 15 is 4.39 Å². The van der Waals surface area contributed by atoms with Crippen LogP contribution in [-0.4, -0.2) is 61.2 Å². The highest BCUT2D eigenvalue weighted by Crippen LogP contribution is 2.37. The summed E-state index contributed by atoms with van der Waals surface area (Å²) >= 11 is 0. The van der Waals surface area contributed by atoms with Gasteiger partial charge in [0, 0.05) is 38.0 Å². The van der Waals surface area contributed by atoms with Crippen LogP contribution in [0.15, 0.2) is 36.4 Å². The number of nitrogens with two attached hydrogens (primary N) is 1.